The molecule has 0 unspecified atom stereocenters. The van der Waals surface area contributed by atoms with Crippen molar-refractivity contribution in [2.45, 2.75) is 19.4 Å². The molecule has 0 saturated heterocycles. The maximum atomic E-state index is 10.5. The summed E-state index contributed by atoms with van der Waals surface area (Å²) in [6.45, 7) is 3.43. The number of rotatable bonds is 2. The Bertz CT molecular complexity index is 272. The zero-order valence-corrected chi connectivity index (χ0v) is 7.24. The van der Waals surface area contributed by atoms with Gasteiger partial charge in [-0.05, 0) is 19.4 Å². The molecule has 0 aliphatic rings. The summed E-state index contributed by atoms with van der Waals surface area (Å²) in [6, 6.07) is 7.24. The lowest BCUT2D eigenvalue weighted by molar-refractivity contribution is -0.123. The van der Waals surface area contributed by atoms with Crippen LogP contribution in [0.15, 0.2) is 24.3 Å². The first-order valence-electron chi connectivity index (χ1n) is 3.82. The number of hydrogen-bond donors (Lipinski definition) is 1. The van der Waals surface area contributed by atoms with Crippen LogP contribution in [0.3, 0.4) is 0 Å². The van der Waals surface area contributed by atoms with Gasteiger partial charge in [0, 0.05) is 0 Å². The molecule has 0 amide bonds. The minimum absolute atomic E-state index is 0.539. The van der Waals surface area contributed by atoms with Crippen LogP contribution in [-0.2, 0) is 10.4 Å². The summed E-state index contributed by atoms with van der Waals surface area (Å²) >= 11 is 0. The van der Waals surface area contributed by atoms with E-state index in [-0.39, 0.29) is 0 Å². The van der Waals surface area contributed by atoms with Crippen molar-refractivity contribution in [3.63, 3.8) is 0 Å². The van der Waals surface area contributed by atoms with Gasteiger partial charge in [-0.15, -0.1) is 0 Å². The number of aryl methyl sites for hydroxylation is 1. The second kappa shape index (κ2) is 3.07. The summed E-state index contributed by atoms with van der Waals surface area (Å²) in [5, 5.41) is 9.52. The highest BCUT2D eigenvalue weighted by Gasteiger charge is 2.20. The van der Waals surface area contributed by atoms with E-state index in [0.29, 0.717) is 11.8 Å². The molecule has 1 aromatic rings. The van der Waals surface area contributed by atoms with Crippen molar-refractivity contribution < 1.29 is 9.90 Å². The lowest BCUT2D eigenvalue weighted by Gasteiger charge is -2.15. The third kappa shape index (κ3) is 1.71. The molecule has 1 N–H and O–H groups in total. The molecule has 0 aliphatic heterocycles. The van der Waals surface area contributed by atoms with Crippen LogP contribution < -0.4 is 0 Å². The van der Waals surface area contributed by atoms with Gasteiger partial charge in [0.1, 0.15) is 5.60 Å². The standard InChI is InChI=1S/C10H12O2/c1-8-3-5-9(6-4-8)10(2,12)7-11/h3-7,12H,1-2H3/t10-/m1/s1. The Kier molecular flexibility index (Phi) is 2.29. The van der Waals surface area contributed by atoms with Crippen molar-refractivity contribution in [1.29, 1.82) is 0 Å². The van der Waals surface area contributed by atoms with Crippen molar-refractivity contribution >= 4 is 6.29 Å². The van der Waals surface area contributed by atoms with Crippen molar-refractivity contribution in [3.05, 3.63) is 35.4 Å². The maximum Gasteiger partial charge on any atom is 0.155 e. The van der Waals surface area contributed by atoms with Gasteiger partial charge in [-0.25, -0.2) is 0 Å². The topological polar surface area (TPSA) is 37.3 Å². The minimum atomic E-state index is -1.35. The molecule has 2 heteroatoms. The Balaban J connectivity index is 3.04. The Labute approximate surface area is 71.8 Å². The molecule has 0 radical (unpaired) electrons. The van der Waals surface area contributed by atoms with Crippen LogP contribution in [0, 0.1) is 6.92 Å². The van der Waals surface area contributed by atoms with E-state index in [4.69, 9.17) is 0 Å². The summed E-state index contributed by atoms with van der Waals surface area (Å²) in [5.74, 6) is 0. The maximum absolute atomic E-state index is 10.5. The molecular weight excluding hydrogens is 152 g/mol. The highest BCUT2D eigenvalue weighted by atomic mass is 16.3. The molecule has 12 heavy (non-hydrogen) atoms. The van der Waals surface area contributed by atoms with Gasteiger partial charge in [0.05, 0.1) is 0 Å². The molecule has 0 saturated carbocycles. The SMILES string of the molecule is Cc1ccc([C@](C)(O)C=O)cc1. The Morgan fingerprint density at radius 2 is 1.83 bits per heavy atom. The van der Waals surface area contributed by atoms with Crippen LogP contribution in [0.25, 0.3) is 0 Å². The number of aliphatic hydroxyl groups is 1. The van der Waals surface area contributed by atoms with Gasteiger partial charge in [0.2, 0.25) is 0 Å². The van der Waals surface area contributed by atoms with Gasteiger partial charge < -0.3 is 5.11 Å². The van der Waals surface area contributed by atoms with E-state index in [0.717, 1.165) is 5.56 Å². The highest BCUT2D eigenvalue weighted by molar-refractivity contribution is 5.64. The van der Waals surface area contributed by atoms with Gasteiger partial charge in [0.25, 0.3) is 0 Å². The van der Waals surface area contributed by atoms with E-state index in [2.05, 4.69) is 0 Å². The van der Waals surface area contributed by atoms with Crippen molar-refractivity contribution in [2.24, 2.45) is 0 Å². The van der Waals surface area contributed by atoms with Gasteiger partial charge in [-0.2, -0.15) is 0 Å². The molecular formula is C10H12O2. The third-order valence-corrected chi connectivity index (χ3v) is 1.87. The third-order valence-electron chi connectivity index (χ3n) is 1.87. The van der Waals surface area contributed by atoms with Crippen molar-refractivity contribution in [3.8, 4) is 0 Å². The molecule has 0 bridgehead atoms. The quantitative estimate of drug-likeness (QED) is 0.671. The molecule has 1 aromatic carbocycles. The Morgan fingerprint density at radius 3 is 2.25 bits per heavy atom. The molecule has 64 valence electrons. The van der Waals surface area contributed by atoms with E-state index in [1.165, 1.54) is 6.92 Å². The summed E-state index contributed by atoms with van der Waals surface area (Å²) in [6.07, 6.45) is 0.539. The van der Waals surface area contributed by atoms with Gasteiger partial charge in [-0.3, -0.25) is 4.79 Å². The van der Waals surface area contributed by atoms with Crippen LogP contribution in [0.4, 0.5) is 0 Å². The van der Waals surface area contributed by atoms with E-state index < -0.39 is 5.60 Å². The van der Waals surface area contributed by atoms with E-state index >= 15 is 0 Å². The second-order valence-electron chi connectivity index (χ2n) is 3.13. The Hall–Kier alpha value is -1.15. The predicted molar refractivity (Wildman–Crippen MR) is 46.8 cm³/mol. The monoisotopic (exact) mass is 164 g/mol. The van der Waals surface area contributed by atoms with Gasteiger partial charge in [0.15, 0.2) is 6.29 Å². The number of hydrogen-bond acceptors (Lipinski definition) is 2. The lowest BCUT2D eigenvalue weighted by Crippen LogP contribution is -2.22. The van der Waals surface area contributed by atoms with Crippen molar-refractivity contribution in [1.82, 2.24) is 0 Å². The highest BCUT2D eigenvalue weighted by Crippen LogP contribution is 2.17. The molecule has 0 aromatic heterocycles. The van der Waals surface area contributed by atoms with Crippen LogP contribution in [0.1, 0.15) is 18.1 Å². The van der Waals surface area contributed by atoms with Crippen LogP contribution in [-0.4, -0.2) is 11.4 Å². The lowest BCUT2D eigenvalue weighted by atomic mass is 9.97. The largest absolute Gasteiger partial charge is 0.378 e. The molecule has 0 heterocycles. The first-order valence-corrected chi connectivity index (χ1v) is 3.82. The van der Waals surface area contributed by atoms with E-state index in [1.54, 1.807) is 12.1 Å². The molecule has 1 rings (SSSR count). The molecule has 0 aliphatic carbocycles. The van der Waals surface area contributed by atoms with E-state index in [9.17, 15) is 9.90 Å². The number of carbonyl (C=O) groups is 1. The summed E-state index contributed by atoms with van der Waals surface area (Å²) in [5.41, 5.74) is 0.386. The fourth-order valence-electron chi connectivity index (χ4n) is 0.959. The van der Waals surface area contributed by atoms with Crippen molar-refractivity contribution in [2.75, 3.05) is 0 Å². The molecule has 0 fully saturated rings. The fraction of sp³-hybridized carbons (Fsp3) is 0.300. The van der Waals surface area contributed by atoms with Gasteiger partial charge in [-0.1, -0.05) is 29.8 Å². The first-order chi connectivity index (χ1) is 5.56. The summed E-state index contributed by atoms with van der Waals surface area (Å²) in [7, 11) is 0. The van der Waals surface area contributed by atoms with Gasteiger partial charge >= 0.3 is 0 Å². The van der Waals surface area contributed by atoms with Crippen LogP contribution in [0.2, 0.25) is 0 Å². The number of carbonyl (C=O) groups excluding carboxylic acids is 1. The second-order valence-corrected chi connectivity index (χ2v) is 3.13. The van der Waals surface area contributed by atoms with Crippen LogP contribution in [0.5, 0.6) is 0 Å². The number of benzene rings is 1. The Morgan fingerprint density at radius 1 is 1.33 bits per heavy atom. The summed E-state index contributed by atoms with van der Waals surface area (Å²) < 4.78 is 0. The zero-order chi connectivity index (χ0) is 9.19. The normalized spacial score (nSPS) is 15.2. The number of aldehydes is 1. The predicted octanol–water partition coefficient (Wildman–Crippen LogP) is 1.40. The smallest absolute Gasteiger partial charge is 0.155 e. The van der Waals surface area contributed by atoms with E-state index in [1.807, 2.05) is 19.1 Å². The molecule has 2 nitrogen and oxygen atoms in total. The van der Waals surface area contributed by atoms with Crippen LogP contribution >= 0.6 is 0 Å². The summed E-state index contributed by atoms with van der Waals surface area (Å²) in [4.78, 5) is 10.5. The minimum Gasteiger partial charge on any atom is -0.378 e. The zero-order valence-electron chi connectivity index (χ0n) is 7.24. The first kappa shape index (κ1) is 8.94. The average Bonchev–Trinajstić information content (AvgIpc) is 2.05. The molecule has 1 atom stereocenters. The molecule has 0 spiro atoms. The average molecular weight is 164 g/mol. The fourth-order valence-corrected chi connectivity index (χ4v) is 0.959.